The molecule has 1 heterocycles. The van der Waals surface area contributed by atoms with E-state index in [2.05, 4.69) is 47.9 Å². The van der Waals surface area contributed by atoms with Crippen LogP contribution in [-0.2, 0) is 13.2 Å². The molecule has 0 spiro atoms. The van der Waals surface area contributed by atoms with E-state index < -0.39 is 0 Å². The number of ether oxygens (including phenoxy) is 1. The molecule has 1 aromatic heterocycles. The first-order valence-electron chi connectivity index (χ1n) is 9.93. The van der Waals surface area contributed by atoms with Gasteiger partial charge in [0.25, 0.3) is 0 Å². The monoisotopic (exact) mass is 348 g/mol. The molecule has 0 N–H and O–H groups in total. The van der Waals surface area contributed by atoms with E-state index in [1.807, 2.05) is 12.1 Å². The van der Waals surface area contributed by atoms with Gasteiger partial charge >= 0.3 is 0 Å². The number of nitrogens with zero attached hydrogens (tertiary/aromatic N) is 2. The van der Waals surface area contributed by atoms with Gasteiger partial charge in [0.05, 0.1) is 11.0 Å². The highest BCUT2D eigenvalue weighted by molar-refractivity contribution is 5.75. The summed E-state index contributed by atoms with van der Waals surface area (Å²) in [6, 6.07) is 16.7. The molecular formula is C23H28N2O. The molecule has 3 nitrogen and oxygen atoms in total. The largest absolute Gasteiger partial charge is 0.486 e. The summed E-state index contributed by atoms with van der Waals surface area (Å²) >= 11 is 0. The molecule has 1 saturated carbocycles. The minimum absolute atomic E-state index is 0.516. The minimum atomic E-state index is 0.516. The van der Waals surface area contributed by atoms with Crippen LogP contribution in [0.3, 0.4) is 0 Å². The van der Waals surface area contributed by atoms with Crippen molar-refractivity contribution in [2.45, 2.75) is 58.6 Å². The van der Waals surface area contributed by atoms with E-state index in [9.17, 15) is 0 Å². The Morgan fingerprint density at radius 3 is 2.58 bits per heavy atom. The Hall–Kier alpha value is -2.29. The molecule has 0 radical (unpaired) electrons. The van der Waals surface area contributed by atoms with E-state index in [0.717, 1.165) is 29.6 Å². The Bertz CT molecular complexity index is 844. The van der Waals surface area contributed by atoms with Crippen molar-refractivity contribution >= 4 is 11.0 Å². The first kappa shape index (κ1) is 17.1. The maximum absolute atomic E-state index is 6.03. The minimum Gasteiger partial charge on any atom is -0.486 e. The highest BCUT2D eigenvalue weighted by atomic mass is 16.5. The van der Waals surface area contributed by atoms with Crippen LogP contribution in [0.25, 0.3) is 11.0 Å². The third-order valence-corrected chi connectivity index (χ3v) is 5.61. The fraction of sp³-hybridized carbons (Fsp3) is 0.435. The molecule has 0 bridgehead atoms. The maximum Gasteiger partial charge on any atom is 0.147 e. The van der Waals surface area contributed by atoms with E-state index in [1.54, 1.807) is 0 Å². The molecule has 3 heteroatoms. The fourth-order valence-electron chi connectivity index (χ4n) is 4.05. The number of hydrogen-bond acceptors (Lipinski definition) is 2. The van der Waals surface area contributed by atoms with Crippen molar-refractivity contribution in [2.75, 3.05) is 0 Å². The molecular weight excluding hydrogens is 320 g/mol. The van der Waals surface area contributed by atoms with Crippen molar-refractivity contribution < 1.29 is 4.74 Å². The van der Waals surface area contributed by atoms with Gasteiger partial charge in [-0.25, -0.2) is 4.98 Å². The Balaban J connectivity index is 1.51. The zero-order valence-corrected chi connectivity index (χ0v) is 15.7. The van der Waals surface area contributed by atoms with Crippen molar-refractivity contribution in [1.82, 2.24) is 9.55 Å². The molecule has 1 aliphatic rings. The number of rotatable bonds is 6. The van der Waals surface area contributed by atoms with Crippen molar-refractivity contribution in [1.29, 1.82) is 0 Å². The SMILES string of the molecule is Cc1ccc(OCc2nc3ccccc3n2CCC2CCCCC2)cc1. The predicted molar refractivity (Wildman–Crippen MR) is 106 cm³/mol. The number of benzene rings is 2. The fourth-order valence-corrected chi connectivity index (χ4v) is 4.05. The molecule has 0 aliphatic heterocycles. The first-order chi connectivity index (χ1) is 12.8. The summed E-state index contributed by atoms with van der Waals surface area (Å²) in [4.78, 5) is 4.85. The Labute approximate surface area is 156 Å². The zero-order valence-electron chi connectivity index (χ0n) is 15.7. The van der Waals surface area contributed by atoms with E-state index in [1.165, 1.54) is 49.6 Å². The number of aromatic nitrogens is 2. The summed E-state index contributed by atoms with van der Waals surface area (Å²) in [5, 5.41) is 0. The Kier molecular flexibility index (Phi) is 5.24. The smallest absolute Gasteiger partial charge is 0.147 e. The lowest BCUT2D eigenvalue weighted by Gasteiger charge is -2.22. The van der Waals surface area contributed by atoms with Crippen molar-refractivity contribution in [2.24, 2.45) is 5.92 Å². The second-order valence-corrected chi connectivity index (χ2v) is 7.56. The van der Waals surface area contributed by atoms with Crippen LogP contribution in [-0.4, -0.2) is 9.55 Å². The topological polar surface area (TPSA) is 27.1 Å². The number of aryl methyl sites for hydroxylation is 2. The van der Waals surface area contributed by atoms with Crippen molar-refractivity contribution in [3.8, 4) is 5.75 Å². The lowest BCUT2D eigenvalue weighted by atomic mass is 9.87. The van der Waals surface area contributed by atoms with Gasteiger partial charge in [-0.05, 0) is 43.5 Å². The molecule has 1 aliphatic carbocycles. The second kappa shape index (κ2) is 7.94. The highest BCUT2D eigenvalue weighted by Crippen LogP contribution is 2.28. The lowest BCUT2D eigenvalue weighted by Crippen LogP contribution is -2.13. The van der Waals surface area contributed by atoms with Gasteiger partial charge in [0, 0.05) is 6.54 Å². The summed E-state index contributed by atoms with van der Waals surface area (Å²) in [6.45, 7) is 3.65. The van der Waals surface area contributed by atoms with Gasteiger partial charge in [0.1, 0.15) is 18.2 Å². The van der Waals surface area contributed by atoms with E-state index in [0.29, 0.717) is 6.61 Å². The van der Waals surface area contributed by atoms with Crippen molar-refractivity contribution in [3.05, 3.63) is 59.9 Å². The molecule has 2 aromatic carbocycles. The molecule has 0 unspecified atom stereocenters. The third-order valence-electron chi connectivity index (χ3n) is 5.61. The summed E-state index contributed by atoms with van der Waals surface area (Å²) in [7, 11) is 0. The Morgan fingerprint density at radius 1 is 1.00 bits per heavy atom. The molecule has 4 rings (SSSR count). The molecule has 3 aromatic rings. The van der Waals surface area contributed by atoms with Crippen LogP contribution in [0.15, 0.2) is 48.5 Å². The Morgan fingerprint density at radius 2 is 1.77 bits per heavy atom. The summed E-state index contributed by atoms with van der Waals surface area (Å²) in [5.41, 5.74) is 3.54. The first-order valence-corrected chi connectivity index (χ1v) is 9.93. The standard InChI is InChI=1S/C23H28N2O/c1-18-11-13-20(14-12-18)26-17-23-24-21-9-5-6-10-22(21)25(23)16-15-19-7-3-2-4-8-19/h5-6,9-14,19H,2-4,7-8,15-17H2,1H3. The zero-order chi connectivity index (χ0) is 17.8. The van der Waals surface area contributed by atoms with Gasteiger partial charge in [-0.1, -0.05) is 61.9 Å². The summed E-state index contributed by atoms with van der Waals surface area (Å²) < 4.78 is 8.40. The van der Waals surface area contributed by atoms with Crippen LogP contribution in [0, 0.1) is 12.8 Å². The van der Waals surface area contributed by atoms with Crippen LogP contribution in [0.1, 0.15) is 49.9 Å². The molecule has 0 saturated heterocycles. The molecule has 1 fully saturated rings. The summed E-state index contributed by atoms with van der Waals surface area (Å²) in [6.07, 6.45) is 8.25. The normalized spacial score (nSPS) is 15.4. The van der Waals surface area contributed by atoms with Gasteiger partial charge in [0.15, 0.2) is 0 Å². The van der Waals surface area contributed by atoms with Gasteiger partial charge in [0.2, 0.25) is 0 Å². The van der Waals surface area contributed by atoms with Crippen LogP contribution < -0.4 is 4.74 Å². The average molecular weight is 348 g/mol. The number of hydrogen-bond donors (Lipinski definition) is 0. The molecule has 136 valence electrons. The van der Waals surface area contributed by atoms with Crippen LogP contribution >= 0.6 is 0 Å². The van der Waals surface area contributed by atoms with Gasteiger partial charge in [-0.3, -0.25) is 0 Å². The number of para-hydroxylation sites is 2. The van der Waals surface area contributed by atoms with Crippen molar-refractivity contribution in [3.63, 3.8) is 0 Å². The number of fused-ring (bicyclic) bond motifs is 1. The van der Waals surface area contributed by atoms with E-state index in [-0.39, 0.29) is 0 Å². The molecule has 0 atom stereocenters. The van der Waals surface area contributed by atoms with E-state index >= 15 is 0 Å². The lowest BCUT2D eigenvalue weighted by molar-refractivity contribution is 0.282. The van der Waals surface area contributed by atoms with Gasteiger partial charge in [-0.15, -0.1) is 0 Å². The third kappa shape index (κ3) is 3.92. The van der Waals surface area contributed by atoms with Crippen LogP contribution in [0.4, 0.5) is 0 Å². The predicted octanol–water partition coefficient (Wildman–Crippen LogP) is 5.89. The van der Waals surface area contributed by atoms with Gasteiger partial charge < -0.3 is 9.30 Å². The summed E-state index contributed by atoms with van der Waals surface area (Å²) in [5.74, 6) is 2.81. The quantitative estimate of drug-likeness (QED) is 0.555. The maximum atomic E-state index is 6.03. The highest BCUT2D eigenvalue weighted by Gasteiger charge is 2.16. The molecule has 0 amide bonds. The average Bonchev–Trinajstić information content (AvgIpc) is 3.04. The van der Waals surface area contributed by atoms with Crippen LogP contribution in [0.5, 0.6) is 5.75 Å². The van der Waals surface area contributed by atoms with Crippen LogP contribution in [0.2, 0.25) is 0 Å². The van der Waals surface area contributed by atoms with E-state index in [4.69, 9.17) is 9.72 Å². The second-order valence-electron chi connectivity index (χ2n) is 7.56. The van der Waals surface area contributed by atoms with Gasteiger partial charge in [-0.2, -0.15) is 0 Å². The molecule has 26 heavy (non-hydrogen) atoms. The number of imidazole rings is 1.